The number of hydrogen-bond acceptors (Lipinski definition) is 6. The zero-order valence-corrected chi connectivity index (χ0v) is 17.0. The lowest BCUT2D eigenvalue weighted by Crippen LogP contribution is -2.30. The van der Waals surface area contributed by atoms with Gasteiger partial charge in [-0.2, -0.15) is 0 Å². The molecule has 0 aromatic heterocycles. The van der Waals surface area contributed by atoms with Crippen LogP contribution in [-0.2, 0) is 11.3 Å². The van der Waals surface area contributed by atoms with Gasteiger partial charge < -0.3 is 24.4 Å². The second-order valence-corrected chi connectivity index (χ2v) is 6.65. The monoisotopic (exact) mass is 386 g/mol. The summed E-state index contributed by atoms with van der Waals surface area (Å²) in [5, 5.41) is 2.88. The third-order valence-corrected chi connectivity index (χ3v) is 5.09. The SMILES string of the molecule is CCN(CC)C(=S)SCC(=O)NCc1cc(OC)c(OC)c(OC)c1. The van der Waals surface area contributed by atoms with Crippen LogP contribution in [0.25, 0.3) is 0 Å². The quantitative estimate of drug-likeness (QED) is 0.655. The Labute approximate surface area is 159 Å². The normalized spacial score (nSPS) is 10.1. The highest BCUT2D eigenvalue weighted by molar-refractivity contribution is 8.23. The molecule has 0 bridgehead atoms. The maximum Gasteiger partial charge on any atom is 0.230 e. The number of thioether (sulfide) groups is 1. The number of benzene rings is 1. The molecule has 140 valence electrons. The maximum absolute atomic E-state index is 12.1. The molecule has 25 heavy (non-hydrogen) atoms. The zero-order valence-electron chi connectivity index (χ0n) is 15.4. The summed E-state index contributed by atoms with van der Waals surface area (Å²) < 4.78 is 16.7. The molecule has 0 fully saturated rings. The standard InChI is InChI=1S/C17H26N2O4S2/c1-6-19(7-2)17(24)25-11-15(20)18-10-12-8-13(21-3)16(23-5)14(9-12)22-4/h8-9H,6-7,10-11H2,1-5H3,(H,18,20). The van der Waals surface area contributed by atoms with Gasteiger partial charge in [0.25, 0.3) is 0 Å². The number of methoxy groups -OCH3 is 3. The second kappa shape index (κ2) is 11.0. The Morgan fingerprint density at radius 1 is 1.12 bits per heavy atom. The molecule has 0 aliphatic heterocycles. The van der Waals surface area contributed by atoms with E-state index in [1.807, 2.05) is 30.9 Å². The Kier molecular flexibility index (Phi) is 9.44. The second-order valence-electron chi connectivity index (χ2n) is 5.04. The minimum Gasteiger partial charge on any atom is -0.493 e. The van der Waals surface area contributed by atoms with Crippen molar-refractivity contribution < 1.29 is 19.0 Å². The summed E-state index contributed by atoms with van der Waals surface area (Å²) >= 11 is 6.70. The minimum absolute atomic E-state index is 0.0757. The van der Waals surface area contributed by atoms with E-state index in [0.29, 0.717) is 29.5 Å². The Morgan fingerprint density at radius 3 is 2.12 bits per heavy atom. The van der Waals surface area contributed by atoms with E-state index in [4.69, 9.17) is 26.4 Å². The molecule has 1 aromatic rings. The van der Waals surface area contributed by atoms with Crippen LogP contribution in [-0.4, -0.2) is 55.3 Å². The molecule has 1 amide bonds. The lowest BCUT2D eigenvalue weighted by atomic mass is 10.2. The minimum atomic E-state index is -0.0757. The van der Waals surface area contributed by atoms with E-state index >= 15 is 0 Å². The molecule has 0 unspecified atom stereocenters. The predicted octanol–water partition coefficient (Wildman–Crippen LogP) is 2.69. The fourth-order valence-corrected chi connectivity index (χ4v) is 3.42. The van der Waals surface area contributed by atoms with Crippen molar-refractivity contribution in [2.24, 2.45) is 0 Å². The summed E-state index contributed by atoms with van der Waals surface area (Å²) in [7, 11) is 4.67. The van der Waals surface area contributed by atoms with Crippen LogP contribution < -0.4 is 19.5 Å². The molecule has 1 aromatic carbocycles. The van der Waals surface area contributed by atoms with Gasteiger partial charge in [0, 0.05) is 19.6 Å². The first-order valence-electron chi connectivity index (χ1n) is 7.97. The molecule has 1 rings (SSSR count). The van der Waals surface area contributed by atoms with Gasteiger partial charge in [0.05, 0.1) is 27.1 Å². The van der Waals surface area contributed by atoms with Crippen LogP contribution in [0.4, 0.5) is 0 Å². The molecule has 0 atom stereocenters. The fraction of sp³-hybridized carbons (Fsp3) is 0.529. The number of carbonyl (C=O) groups is 1. The highest BCUT2D eigenvalue weighted by Gasteiger charge is 2.14. The molecule has 0 spiro atoms. The van der Waals surface area contributed by atoms with Crippen molar-refractivity contribution in [3.05, 3.63) is 17.7 Å². The molecule has 8 heteroatoms. The van der Waals surface area contributed by atoms with Gasteiger partial charge >= 0.3 is 0 Å². The third-order valence-electron chi connectivity index (χ3n) is 3.56. The number of nitrogens with zero attached hydrogens (tertiary/aromatic N) is 1. The highest BCUT2D eigenvalue weighted by atomic mass is 32.2. The van der Waals surface area contributed by atoms with Gasteiger partial charge in [-0.15, -0.1) is 0 Å². The van der Waals surface area contributed by atoms with Crippen LogP contribution in [0, 0.1) is 0 Å². The molecule has 1 N–H and O–H groups in total. The summed E-state index contributed by atoms with van der Waals surface area (Å²) in [6, 6.07) is 3.63. The largest absolute Gasteiger partial charge is 0.493 e. The van der Waals surface area contributed by atoms with Gasteiger partial charge in [-0.05, 0) is 31.5 Å². The molecule has 0 aliphatic carbocycles. The lowest BCUT2D eigenvalue weighted by Gasteiger charge is -2.20. The first kappa shape index (κ1) is 21.4. The van der Waals surface area contributed by atoms with Gasteiger partial charge in [-0.3, -0.25) is 4.79 Å². The molecular weight excluding hydrogens is 360 g/mol. The van der Waals surface area contributed by atoms with Crippen molar-refractivity contribution in [3.8, 4) is 17.2 Å². The molecule has 0 aliphatic rings. The molecule has 0 saturated heterocycles. The number of carbonyl (C=O) groups excluding carboxylic acids is 1. The zero-order chi connectivity index (χ0) is 18.8. The average molecular weight is 387 g/mol. The van der Waals surface area contributed by atoms with Gasteiger partial charge in [0.2, 0.25) is 11.7 Å². The summed E-state index contributed by atoms with van der Waals surface area (Å²) in [5.74, 6) is 1.86. The number of hydrogen-bond donors (Lipinski definition) is 1. The number of ether oxygens (including phenoxy) is 3. The van der Waals surface area contributed by atoms with Gasteiger partial charge in [-0.1, -0.05) is 24.0 Å². The fourth-order valence-electron chi connectivity index (χ4n) is 2.19. The van der Waals surface area contributed by atoms with Gasteiger partial charge in [-0.25, -0.2) is 0 Å². The molecule has 0 radical (unpaired) electrons. The van der Waals surface area contributed by atoms with E-state index in [0.717, 1.165) is 23.0 Å². The molecule has 0 saturated carbocycles. The average Bonchev–Trinajstić information content (AvgIpc) is 2.64. The van der Waals surface area contributed by atoms with Gasteiger partial charge in [0.1, 0.15) is 4.32 Å². The van der Waals surface area contributed by atoms with Crippen molar-refractivity contribution >= 4 is 34.2 Å². The summed E-state index contributed by atoms with van der Waals surface area (Å²) in [5.41, 5.74) is 0.860. The van der Waals surface area contributed by atoms with Crippen LogP contribution in [0.5, 0.6) is 17.2 Å². The van der Waals surface area contributed by atoms with Crippen LogP contribution in [0.15, 0.2) is 12.1 Å². The van der Waals surface area contributed by atoms with Crippen LogP contribution >= 0.6 is 24.0 Å². The Bertz CT molecular complexity index is 567. The van der Waals surface area contributed by atoms with Crippen LogP contribution in [0.2, 0.25) is 0 Å². The van der Waals surface area contributed by atoms with E-state index < -0.39 is 0 Å². The van der Waals surface area contributed by atoms with E-state index in [-0.39, 0.29) is 5.91 Å². The topological polar surface area (TPSA) is 60.0 Å². The first-order chi connectivity index (χ1) is 12.0. The highest BCUT2D eigenvalue weighted by Crippen LogP contribution is 2.38. The Balaban J connectivity index is 2.63. The number of rotatable bonds is 9. The van der Waals surface area contributed by atoms with E-state index in [2.05, 4.69) is 5.32 Å². The predicted molar refractivity (Wildman–Crippen MR) is 106 cm³/mol. The summed E-state index contributed by atoms with van der Waals surface area (Å²) in [4.78, 5) is 14.1. The van der Waals surface area contributed by atoms with E-state index in [9.17, 15) is 4.79 Å². The molecule has 6 nitrogen and oxygen atoms in total. The lowest BCUT2D eigenvalue weighted by molar-refractivity contribution is -0.118. The van der Waals surface area contributed by atoms with Crippen molar-refractivity contribution in [1.29, 1.82) is 0 Å². The molecular formula is C17H26N2O4S2. The van der Waals surface area contributed by atoms with E-state index in [1.165, 1.54) is 11.8 Å². The number of amides is 1. The van der Waals surface area contributed by atoms with Crippen molar-refractivity contribution in [3.63, 3.8) is 0 Å². The smallest absolute Gasteiger partial charge is 0.230 e. The first-order valence-corrected chi connectivity index (χ1v) is 9.37. The third kappa shape index (κ3) is 6.28. The van der Waals surface area contributed by atoms with Gasteiger partial charge in [0.15, 0.2) is 11.5 Å². The van der Waals surface area contributed by atoms with Crippen molar-refractivity contribution in [2.75, 3.05) is 40.2 Å². The molecule has 0 heterocycles. The maximum atomic E-state index is 12.1. The Hall–Kier alpha value is -1.67. The summed E-state index contributed by atoms with van der Waals surface area (Å²) in [6.07, 6.45) is 0. The van der Waals surface area contributed by atoms with Crippen LogP contribution in [0.3, 0.4) is 0 Å². The van der Waals surface area contributed by atoms with Crippen molar-refractivity contribution in [1.82, 2.24) is 10.2 Å². The number of thiocarbonyl (C=S) groups is 1. The van der Waals surface area contributed by atoms with Crippen molar-refractivity contribution in [2.45, 2.75) is 20.4 Å². The number of nitrogens with one attached hydrogen (secondary N) is 1. The van der Waals surface area contributed by atoms with E-state index in [1.54, 1.807) is 21.3 Å². The Morgan fingerprint density at radius 2 is 1.68 bits per heavy atom. The van der Waals surface area contributed by atoms with Crippen LogP contribution in [0.1, 0.15) is 19.4 Å². The summed E-state index contributed by atoms with van der Waals surface area (Å²) in [6.45, 7) is 6.14.